The number of carbonyl (C=O) groups excluding carboxylic acids is 1. The van der Waals surface area contributed by atoms with Crippen LogP contribution in [-0.4, -0.2) is 39.2 Å². The molecule has 2 aromatic heterocycles. The molecule has 2 heterocycles. The van der Waals surface area contributed by atoms with Gasteiger partial charge in [-0.15, -0.1) is 0 Å². The Balaban J connectivity index is 1.94. The van der Waals surface area contributed by atoms with Crippen LogP contribution in [0.3, 0.4) is 0 Å². The second kappa shape index (κ2) is 7.49. The molecular weight excluding hydrogens is 337 g/mol. The van der Waals surface area contributed by atoms with E-state index >= 15 is 0 Å². The summed E-state index contributed by atoms with van der Waals surface area (Å²) in [5, 5.41) is 9.27. The SMILES string of the molecule is CNc1ncc(C(=O)NCC(C)Cn2nc(C)cc2C(F)(F)F)cn1. The maximum Gasteiger partial charge on any atom is 0.433 e. The predicted octanol–water partition coefficient (Wildman–Crippen LogP) is 2.11. The molecule has 0 bridgehead atoms. The fourth-order valence-corrected chi connectivity index (χ4v) is 2.22. The first-order valence-corrected chi connectivity index (χ1v) is 7.60. The minimum Gasteiger partial charge on any atom is -0.357 e. The molecule has 136 valence electrons. The summed E-state index contributed by atoms with van der Waals surface area (Å²) < 4.78 is 39.8. The average Bonchev–Trinajstić information content (AvgIpc) is 2.93. The van der Waals surface area contributed by atoms with Crippen molar-refractivity contribution in [3.63, 3.8) is 0 Å². The Hall–Kier alpha value is -2.65. The number of aryl methyl sites for hydroxylation is 1. The molecule has 1 amide bonds. The molecule has 0 saturated carbocycles. The van der Waals surface area contributed by atoms with Gasteiger partial charge in [-0.1, -0.05) is 6.92 Å². The van der Waals surface area contributed by atoms with Crippen molar-refractivity contribution in [2.24, 2.45) is 5.92 Å². The molecule has 10 heteroatoms. The van der Waals surface area contributed by atoms with Crippen LogP contribution in [0.25, 0.3) is 0 Å². The molecule has 1 atom stereocenters. The lowest BCUT2D eigenvalue weighted by Gasteiger charge is -2.16. The summed E-state index contributed by atoms with van der Waals surface area (Å²) in [5.41, 5.74) is -0.221. The standard InChI is InChI=1S/C15H19F3N6O/c1-9(8-24-12(15(16,17)18)4-10(2)23-24)5-20-13(25)11-6-21-14(19-3)22-7-11/h4,6-7,9H,5,8H2,1-3H3,(H,20,25)(H,19,21,22). The molecule has 1 unspecified atom stereocenters. The number of carbonyl (C=O) groups is 1. The number of anilines is 1. The summed E-state index contributed by atoms with van der Waals surface area (Å²) in [4.78, 5) is 19.9. The lowest BCUT2D eigenvalue weighted by atomic mass is 10.1. The number of amides is 1. The van der Waals surface area contributed by atoms with E-state index in [0.717, 1.165) is 10.7 Å². The molecule has 7 nitrogen and oxygen atoms in total. The first-order valence-electron chi connectivity index (χ1n) is 7.60. The van der Waals surface area contributed by atoms with E-state index in [9.17, 15) is 18.0 Å². The van der Waals surface area contributed by atoms with Gasteiger partial charge < -0.3 is 10.6 Å². The lowest BCUT2D eigenvalue weighted by Crippen LogP contribution is -2.31. The zero-order valence-electron chi connectivity index (χ0n) is 14.1. The van der Waals surface area contributed by atoms with Crippen molar-refractivity contribution in [3.05, 3.63) is 35.4 Å². The van der Waals surface area contributed by atoms with Gasteiger partial charge in [0.2, 0.25) is 5.95 Å². The Kier molecular flexibility index (Phi) is 5.60. The van der Waals surface area contributed by atoms with E-state index in [0.29, 0.717) is 11.6 Å². The summed E-state index contributed by atoms with van der Waals surface area (Å²) in [6.45, 7) is 3.48. The van der Waals surface area contributed by atoms with Gasteiger partial charge >= 0.3 is 6.18 Å². The largest absolute Gasteiger partial charge is 0.433 e. The van der Waals surface area contributed by atoms with E-state index in [2.05, 4.69) is 25.7 Å². The number of hydrogen-bond donors (Lipinski definition) is 2. The van der Waals surface area contributed by atoms with Crippen LogP contribution in [0.5, 0.6) is 0 Å². The normalized spacial score (nSPS) is 12.7. The van der Waals surface area contributed by atoms with Gasteiger partial charge in [-0.25, -0.2) is 9.97 Å². The fourth-order valence-electron chi connectivity index (χ4n) is 2.22. The Morgan fingerprint density at radius 2 is 1.96 bits per heavy atom. The van der Waals surface area contributed by atoms with Crippen LogP contribution in [0.15, 0.2) is 18.5 Å². The van der Waals surface area contributed by atoms with Crippen molar-refractivity contribution in [2.75, 3.05) is 18.9 Å². The van der Waals surface area contributed by atoms with E-state index in [1.807, 2.05) is 0 Å². The highest BCUT2D eigenvalue weighted by molar-refractivity contribution is 5.93. The maximum atomic E-state index is 13.0. The van der Waals surface area contributed by atoms with Crippen LogP contribution in [0.1, 0.15) is 28.7 Å². The third-order valence-electron chi connectivity index (χ3n) is 3.43. The topological polar surface area (TPSA) is 84.7 Å². The second-order valence-electron chi connectivity index (χ2n) is 5.71. The van der Waals surface area contributed by atoms with Gasteiger partial charge in [0.15, 0.2) is 0 Å². The highest BCUT2D eigenvalue weighted by Gasteiger charge is 2.35. The Labute approximate surface area is 142 Å². The van der Waals surface area contributed by atoms with E-state index < -0.39 is 11.9 Å². The van der Waals surface area contributed by atoms with Gasteiger partial charge in [-0.3, -0.25) is 9.48 Å². The maximum absolute atomic E-state index is 13.0. The number of hydrogen-bond acceptors (Lipinski definition) is 5. The highest BCUT2D eigenvalue weighted by Crippen LogP contribution is 2.30. The Morgan fingerprint density at radius 3 is 2.52 bits per heavy atom. The zero-order valence-corrected chi connectivity index (χ0v) is 14.1. The molecule has 2 rings (SSSR count). The third-order valence-corrected chi connectivity index (χ3v) is 3.43. The number of alkyl halides is 3. The van der Waals surface area contributed by atoms with Crippen LogP contribution < -0.4 is 10.6 Å². The lowest BCUT2D eigenvalue weighted by molar-refractivity contribution is -0.144. The predicted molar refractivity (Wildman–Crippen MR) is 85.0 cm³/mol. The molecule has 0 aliphatic carbocycles. The van der Waals surface area contributed by atoms with Gasteiger partial charge in [-0.2, -0.15) is 18.3 Å². The number of aromatic nitrogens is 4. The van der Waals surface area contributed by atoms with Crippen molar-refractivity contribution in [2.45, 2.75) is 26.6 Å². The molecule has 2 aromatic rings. The first-order chi connectivity index (χ1) is 11.7. The average molecular weight is 356 g/mol. The molecule has 2 N–H and O–H groups in total. The fraction of sp³-hybridized carbons (Fsp3) is 0.467. The molecule has 25 heavy (non-hydrogen) atoms. The van der Waals surface area contributed by atoms with E-state index in [1.54, 1.807) is 14.0 Å². The summed E-state index contributed by atoms with van der Waals surface area (Å²) in [6.07, 6.45) is -1.72. The van der Waals surface area contributed by atoms with Gasteiger partial charge in [0.05, 0.1) is 11.3 Å². The van der Waals surface area contributed by atoms with Gasteiger partial charge in [0.1, 0.15) is 5.69 Å². The third kappa shape index (κ3) is 4.91. The molecule has 0 fully saturated rings. The minimum atomic E-state index is -4.46. The summed E-state index contributed by atoms with van der Waals surface area (Å²) in [6, 6.07) is 1.01. The minimum absolute atomic E-state index is 0.0398. The van der Waals surface area contributed by atoms with Crippen molar-refractivity contribution in [1.29, 1.82) is 0 Å². The molecule has 0 radical (unpaired) electrons. The van der Waals surface area contributed by atoms with Crippen molar-refractivity contribution in [3.8, 4) is 0 Å². The summed E-state index contributed by atoms with van der Waals surface area (Å²) >= 11 is 0. The number of halogens is 3. The van der Waals surface area contributed by atoms with Crippen LogP contribution >= 0.6 is 0 Å². The first kappa shape index (κ1) is 18.7. The highest BCUT2D eigenvalue weighted by atomic mass is 19.4. The van der Waals surface area contributed by atoms with Crippen LogP contribution in [0.4, 0.5) is 19.1 Å². The van der Waals surface area contributed by atoms with Gasteiger partial charge in [0, 0.05) is 32.5 Å². The van der Waals surface area contributed by atoms with E-state index in [4.69, 9.17) is 0 Å². The van der Waals surface area contributed by atoms with E-state index in [-0.39, 0.29) is 30.5 Å². The molecule has 0 aliphatic heterocycles. The summed E-state index contributed by atoms with van der Waals surface area (Å²) in [7, 11) is 1.66. The Morgan fingerprint density at radius 1 is 1.32 bits per heavy atom. The van der Waals surface area contributed by atoms with Crippen molar-refractivity contribution in [1.82, 2.24) is 25.1 Å². The monoisotopic (exact) mass is 356 g/mol. The quantitative estimate of drug-likeness (QED) is 0.828. The number of nitrogens with zero attached hydrogens (tertiary/aromatic N) is 4. The van der Waals surface area contributed by atoms with Crippen molar-refractivity contribution < 1.29 is 18.0 Å². The zero-order chi connectivity index (χ0) is 18.6. The smallest absolute Gasteiger partial charge is 0.357 e. The molecule has 0 saturated heterocycles. The van der Waals surface area contributed by atoms with Gasteiger partial charge in [-0.05, 0) is 18.9 Å². The number of nitrogens with one attached hydrogen (secondary N) is 2. The molecule has 0 aromatic carbocycles. The molecular formula is C15H19F3N6O. The molecule has 0 spiro atoms. The summed E-state index contributed by atoms with van der Waals surface area (Å²) in [5.74, 6) is -0.248. The second-order valence-corrected chi connectivity index (χ2v) is 5.71. The van der Waals surface area contributed by atoms with Crippen LogP contribution in [0.2, 0.25) is 0 Å². The Bertz CT molecular complexity index is 726. The van der Waals surface area contributed by atoms with E-state index in [1.165, 1.54) is 19.3 Å². The van der Waals surface area contributed by atoms with Crippen LogP contribution in [-0.2, 0) is 12.7 Å². The van der Waals surface area contributed by atoms with Gasteiger partial charge in [0.25, 0.3) is 5.91 Å². The number of rotatable bonds is 6. The van der Waals surface area contributed by atoms with Crippen LogP contribution in [0, 0.1) is 12.8 Å². The van der Waals surface area contributed by atoms with Crippen molar-refractivity contribution >= 4 is 11.9 Å². The molecule has 0 aliphatic rings.